The van der Waals surface area contributed by atoms with Crippen molar-refractivity contribution in [3.8, 4) is 11.5 Å². The molecule has 0 aliphatic rings. The minimum absolute atomic E-state index is 0.121. The number of hydrogen-bond acceptors (Lipinski definition) is 8. The van der Waals surface area contributed by atoms with E-state index >= 15 is 0 Å². The second-order valence-electron chi connectivity index (χ2n) is 5.47. The van der Waals surface area contributed by atoms with Crippen LogP contribution in [0.3, 0.4) is 0 Å². The van der Waals surface area contributed by atoms with Crippen molar-refractivity contribution in [1.82, 2.24) is 14.9 Å². The molecule has 9 nitrogen and oxygen atoms in total. The predicted molar refractivity (Wildman–Crippen MR) is 102 cm³/mol. The molecule has 11 heteroatoms. The van der Waals surface area contributed by atoms with Crippen LogP contribution in [-0.4, -0.2) is 37.7 Å². The fourth-order valence-corrected chi connectivity index (χ4v) is 4.40. The minimum atomic E-state index is -3.90. The van der Waals surface area contributed by atoms with Gasteiger partial charge in [0.2, 0.25) is 15.4 Å². The van der Waals surface area contributed by atoms with E-state index in [1.807, 2.05) is 13.8 Å². The second-order valence-corrected chi connectivity index (χ2v) is 8.33. The molecule has 0 aliphatic carbocycles. The molecule has 1 aromatic heterocycles. The lowest BCUT2D eigenvalue weighted by molar-refractivity contribution is -0.114. The number of nitrogens with zero attached hydrogens (tertiary/aromatic N) is 2. The van der Waals surface area contributed by atoms with Gasteiger partial charge >= 0.3 is 0 Å². The summed E-state index contributed by atoms with van der Waals surface area (Å²) in [7, 11) is -3.90. The van der Waals surface area contributed by atoms with Gasteiger partial charge in [-0.25, -0.2) is 13.1 Å². The van der Waals surface area contributed by atoms with Gasteiger partial charge in [-0.2, -0.15) is 0 Å². The zero-order valence-electron chi connectivity index (χ0n) is 15.5. The molecule has 1 atom stereocenters. The third-order valence-electron chi connectivity index (χ3n) is 3.32. The Kier molecular flexibility index (Phi) is 7.11. The minimum Gasteiger partial charge on any atom is -0.490 e. The molecular weight excluding hydrogens is 392 g/mol. The van der Waals surface area contributed by atoms with E-state index in [1.54, 1.807) is 25.1 Å². The van der Waals surface area contributed by atoms with Crippen LogP contribution in [0, 0.1) is 0 Å². The number of carbonyl (C=O) groups excluding carboxylic acids is 1. The molecule has 27 heavy (non-hydrogen) atoms. The fourth-order valence-electron chi connectivity index (χ4n) is 2.21. The lowest BCUT2D eigenvalue weighted by atomic mass is 10.1. The number of amides is 1. The van der Waals surface area contributed by atoms with Crippen LogP contribution < -0.4 is 19.5 Å². The maximum absolute atomic E-state index is 12.5. The van der Waals surface area contributed by atoms with Crippen molar-refractivity contribution in [2.45, 2.75) is 38.1 Å². The van der Waals surface area contributed by atoms with E-state index in [-0.39, 0.29) is 15.4 Å². The number of sulfonamides is 1. The highest BCUT2D eigenvalue weighted by Crippen LogP contribution is 2.31. The van der Waals surface area contributed by atoms with Crippen molar-refractivity contribution >= 4 is 32.4 Å². The zero-order chi connectivity index (χ0) is 20.0. The van der Waals surface area contributed by atoms with Crippen molar-refractivity contribution in [3.63, 3.8) is 0 Å². The second kappa shape index (κ2) is 9.11. The number of carbonyl (C=O) groups is 1. The quantitative estimate of drug-likeness (QED) is 0.604. The molecule has 2 rings (SSSR count). The number of benzene rings is 1. The highest BCUT2D eigenvalue weighted by molar-refractivity contribution is 7.91. The van der Waals surface area contributed by atoms with E-state index in [2.05, 4.69) is 20.2 Å². The van der Waals surface area contributed by atoms with Gasteiger partial charge in [-0.1, -0.05) is 17.4 Å². The Morgan fingerprint density at radius 2 is 1.85 bits per heavy atom. The van der Waals surface area contributed by atoms with Gasteiger partial charge in [-0.3, -0.25) is 4.79 Å². The van der Waals surface area contributed by atoms with Gasteiger partial charge < -0.3 is 14.8 Å². The number of anilines is 1. The molecule has 0 bridgehead atoms. The van der Waals surface area contributed by atoms with E-state index in [0.29, 0.717) is 30.3 Å². The van der Waals surface area contributed by atoms with Gasteiger partial charge in [0.05, 0.1) is 13.2 Å². The van der Waals surface area contributed by atoms with Crippen LogP contribution >= 0.6 is 11.3 Å². The monoisotopic (exact) mass is 414 g/mol. The molecule has 1 heterocycles. The Morgan fingerprint density at radius 1 is 1.19 bits per heavy atom. The molecule has 2 aromatic rings. The average Bonchev–Trinajstić information content (AvgIpc) is 3.05. The summed E-state index contributed by atoms with van der Waals surface area (Å²) in [6, 6.07) is 4.71. The first kappa shape index (κ1) is 21.1. The number of nitrogens with one attached hydrogen (secondary N) is 2. The smallest absolute Gasteiger partial charge is 0.270 e. The molecule has 148 valence electrons. The van der Waals surface area contributed by atoms with Gasteiger partial charge in [0.15, 0.2) is 11.5 Å². The molecule has 0 radical (unpaired) electrons. The van der Waals surface area contributed by atoms with E-state index in [1.165, 1.54) is 6.92 Å². The maximum Gasteiger partial charge on any atom is 0.270 e. The van der Waals surface area contributed by atoms with Gasteiger partial charge in [-0.15, -0.1) is 10.2 Å². The summed E-state index contributed by atoms with van der Waals surface area (Å²) in [5.41, 5.74) is 0.706. The summed E-state index contributed by atoms with van der Waals surface area (Å²) in [6.07, 6.45) is 0. The molecule has 2 N–H and O–H groups in total. The van der Waals surface area contributed by atoms with Crippen LogP contribution in [0.5, 0.6) is 11.5 Å². The highest BCUT2D eigenvalue weighted by atomic mass is 32.2. The molecule has 0 fully saturated rings. The maximum atomic E-state index is 12.5. The fraction of sp³-hybridized carbons (Fsp3) is 0.438. The molecule has 1 amide bonds. The third kappa shape index (κ3) is 5.62. The molecule has 0 spiro atoms. The normalized spacial score (nSPS) is 12.4. The average molecular weight is 415 g/mol. The van der Waals surface area contributed by atoms with Crippen LogP contribution in [0.25, 0.3) is 0 Å². The van der Waals surface area contributed by atoms with E-state index in [9.17, 15) is 13.2 Å². The summed E-state index contributed by atoms with van der Waals surface area (Å²) < 4.78 is 38.5. The molecule has 1 aromatic carbocycles. The third-order valence-corrected chi connectivity index (χ3v) is 6.07. The Hall–Kier alpha value is -2.24. The Labute approximate surface area is 162 Å². The van der Waals surface area contributed by atoms with Crippen LogP contribution in [0.2, 0.25) is 0 Å². The van der Waals surface area contributed by atoms with Crippen molar-refractivity contribution in [2.75, 3.05) is 18.5 Å². The summed E-state index contributed by atoms with van der Waals surface area (Å²) in [5, 5.41) is 9.81. The molecule has 0 saturated carbocycles. The van der Waals surface area contributed by atoms with Gasteiger partial charge in [0.1, 0.15) is 0 Å². The Balaban J connectivity index is 2.19. The zero-order valence-corrected chi connectivity index (χ0v) is 17.1. The topological polar surface area (TPSA) is 120 Å². The van der Waals surface area contributed by atoms with Crippen LogP contribution in [0.1, 0.15) is 39.3 Å². The van der Waals surface area contributed by atoms with Gasteiger partial charge in [0, 0.05) is 13.0 Å². The molecular formula is C16H22N4O5S2. The van der Waals surface area contributed by atoms with Crippen LogP contribution in [0.15, 0.2) is 22.5 Å². The molecule has 0 unspecified atom stereocenters. The number of rotatable bonds is 9. The van der Waals surface area contributed by atoms with Crippen molar-refractivity contribution in [3.05, 3.63) is 23.8 Å². The van der Waals surface area contributed by atoms with Crippen LogP contribution in [0.4, 0.5) is 5.13 Å². The van der Waals surface area contributed by atoms with E-state index in [4.69, 9.17) is 9.47 Å². The summed E-state index contributed by atoms with van der Waals surface area (Å²) in [5.74, 6) is 0.795. The summed E-state index contributed by atoms with van der Waals surface area (Å²) in [4.78, 5) is 11.0. The predicted octanol–water partition coefficient (Wildman–Crippen LogP) is 2.33. The highest BCUT2D eigenvalue weighted by Gasteiger charge is 2.24. The van der Waals surface area contributed by atoms with Crippen LogP contribution in [-0.2, 0) is 14.8 Å². The first-order valence-corrected chi connectivity index (χ1v) is 10.6. The molecule has 0 saturated heterocycles. The van der Waals surface area contributed by atoms with E-state index in [0.717, 1.165) is 11.3 Å². The van der Waals surface area contributed by atoms with Gasteiger partial charge in [0.25, 0.3) is 10.0 Å². The lowest BCUT2D eigenvalue weighted by Gasteiger charge is -2.16. The summed E-state index contributed by atoms with van der Waals surface area (Å²) >= 11 is 0.776. The van der Waals surface area contributed by atoms with Crippen molar-refractivity contribution in [1.29, 1.82) is 0 Å². The number of aromatic nitrogens is 2. The molecule has 0 aliphatic heterocycles. The largest absolute Gasteiger partial charge is 0.490 e. The SMILES string of the molecule is CCOc1ccc([C@H](C)NS(=O)(=O)c2nnc(NC(C)=O)s2)cc1OCC. The lowest BCUT2D eigenvalue weighted by Crippen LogP contribution is -2.26. The first-order valence-electron chi connectivity index (χ1n) is 8.29. The summed E-state index contributed by atoms with van der Waals surface area (Å²) in [6.45, 7) is 7.69. The Bertz CT molecular complexity index is 898. The van der Waals surface area contributed by atoms with Crippen molar-refractivity contribution < 1.29 is 22.7 Å². The number of hydrogen-bond donors (Lipinski definition) is 2. The Morgan fingerprint density at radius 3 is 2.48 bits per heavy atom. The van der Waals surface area contributed by atoms with Crippen molar-refractivity contribution in [2.24, 2.45) is 0 Å². The van der Waals surface area contributed by atoms with E-state index < -0.39 is 16.1 Å². The first-order chi connectivity index (χ1) is 12.8. The number of ether oxygens (including phenoxy) is 2. The van der Waals surface area contributed by atoms with Gasteiger partial charge in [-0.05, 0) is 38.5 Å². The standard InChI is InChI=1S/C16H22N4O5S2/c1-5-24-13-8-7-12(9-14(13)25-6-2)10(3)20-27(22,23)16-19-18-15(26-16)17-11(4)21/h7-10,20H,5-6H2,1-4H3,(H,17,18,21)/t10-/m0/s1.